The molecule has 1 saturated carbocycles. The quantitative estimate of drug-likeness (QED) is 0.751. The number of hydrogen-bond acceptors (Lipinski definition) is 4. The van der Waals surface area contributed by atoms with Crippen molar-refractivity contribution in [3.8, 4) is 0 Å². The van der Waals surface area contributed by atoms with Crippen molar-refractivity contribution in [2.75, 3.05) is 25.4 Å². The summed E-state index contributed by atoms with van der Waals surface area (Å²) in [6.45, 7) is 7.80. The number of sulfonamides is 1. The minimum absolute atomic E-state index is 0.317. The molecule has 1 aromatic rings. The van der Waals surface area contributed by atoms with Gasteiger partial charge in [-0.05, 0) is 50.4 Å². The number of nitrogens with zero attached hydrogens (tertiary/aromatic N) is 1. The van der Waals surface area contributed by atoms with Crippen LogP contribution in [0.5, 0.6) is 0 Å². The molecule has 0 atom stereocenters. The molecule has 1 aliphatic rings. The lowest BCUT2D eigenvalue weighted by atomic mass is 10.1. The third kappa shape index (κ3) is 3.75. The summed E-state index contributed by atoms with van der Waals surface area (Å²) in [5.74, 6) is 0. The standard InChI is InChI=1S/C15H25N3O2S/c1-4-18(13-6-7-13)10-9-17-21(19,20)15-11(2)5-8-14(16)12(15)3/h5,8,13,17H,4,6-7,9-10,16H2,1-3H3. The van der Waals surface area contributed by atoms with Crippen LogP contribution in [0, 0.1) is 13.8 Å². The average molecular weight is 311 g/mol. The van der Waals surface area contributed by atoms with Gasteiger partial charge in [-0.15, -0.1) is 0 Å². The number of nitrogen functional groups attached to an aromatic ring is 1. The minimum Gasteiger partial charge on any atom is -0.398 e. The molecule has 0 radical (unpaired) electrons. The average Bonchev–Trinajstić information content (AvgIpc) is 3.23. The Balaban J connectivity index is 2.06. The maximum Gasteiger partial charge on any atom is 0.241 e. The van der Waals surface area contributed by atoms with E-state index < -0.39 is 10.0 Å². The zero-order chi connectivity index (χ0) is 15.6. The van der Waals surface area contributed by atoms with Crippen molar-refractivity contribution in [3.05, 3.63) is 23.3 Å². The molecule has 1 aromatic carbocycles. The highest BCUT2D eigenvalue weighted by Gasteiger charge is 2.28. The molecule has 118 valence electrons. The van der Waals surface area contributed by atoms with Crippen molar-refractivity contribution in [1.29, 1.82) is 0 Å². The molecule has 0 saturated heterocycles. The lowest BCUT2D eigenvalue weighted by Crippen LogP contribution is -2.36. The Hall–Kier alpha value is -1.11. The van der Waals surface area contributed by atoms with E-state index in [1.54, 1.807) is 26.0 Å². The lowest BCUT2D eigenvalue weighted by molar-refractivity contribution is 0.282. The van der Waals surface area contributed by atoms with Gasteiger partial charge in [0, 0.05) is 24.8 Å². The summed E-state index contributed by atoms with van der Waals surface area (Å²) < 4.78 is 27.7. The van der Waals surface area contributed by atoms with Gasteiger partial charge < -0.3 is 5.73 Å². The van der Waals surface area contributed by atoms with E-state index in [2.05, 4.69) is 16.5 Å². The summed E-state index contributed by atoms with van der Waals surface area (Å²) in [4.78, 5) is 2.64. The SMILES string of the molecule is CCN(CCNS(=O)(=O)c1c(C)ccc(N)c1C)C1CC1. The van der Waals surface area contributed by atoms with Crippen LogP contribution in [-0.2, 0) is 10.0 Å². The Kier molecular flexibility index (Phi) is 4.91. The summed E-state index contributed by atoms with van der Waals surface area (Å²) >= 11 is 0. The highest BCUT2D eigenvalue weighted by atomic mass is 32.2. The van der Waals surface area contributed by atoms with E-state index in [1.807, 2.05) is 0 Å². The molecule has 0 aliphatic heterocycles. The number of nitrogens with one attached hydrogen (secondary N) is 1. The van der Waals surface area contributed by atoms with Gasteiger partial charge in [-0.3, -0.25) is 4.90 Å². The molecule has 0 spiro atoms. The predicted molar refractivity (Wildman–Crippen MR) is 85.8 cm³/mol. The number of benzene rings is 1. The van der Waals surface area contributed by atoms with Gasteiger partial charge in [0.25, 0.3) is 0 Å². The van der Waals surface area contributed by atoms with Crippen LogP contribution in [-0.4, -0.2) is 39.0 Å². The molecule has 5 nitrogen and oxygen atoms in total. The summed E-state index contributed by atoms with van der Waals surface area (Å²) in [6.07, 6.45) is 2.46. The zero-order valence-corrected chi connectivity index (χ0v) is 13.8. The van der Waals surface area contributed by atoms with Crippen LogP contribution >= 0.6 is 0 Å². The van der Waals surface area contributed by atoms with Crippen molar-refractivity contribution in [3.63, 3.8) is 0 Å². The Morgan fingerprint density at radius 1 is 1.33 bits per heavy atom. The molecular formula is C15H25N3O2S. The highest BCUT2D eigenvalue weighted by Crippen LogP contribution is 2.26. The molecule has 2 rings (SSSR count). The molecule has 6 heteroatoms. The van der Waals surface area contributed by atoms with Crippen molar-refractivity contribution in [2.24, 2.45) is 0 Å². The fraction of sp³-hybridized carbons (Fsp3) is 0.600. The predicted octanol–water partition coefficient (Wildman–Crippen LogP) is 1.65. The minimum atomic E-state index is -3.51. The summed E-state index contributed by atoms with van der Waals surface area (Å²) in [5.41, 5.74) is 7.69. The highest BCUT2D eigenvalue weighted by molar-refractivity contribution is 7.89. The summed E-state index contributed by atoms with van der Waals surface area (Å²) in [6, 6.07) is 4.14. The van der Waals surface area contributed by atoms with Crippen molar-refractivity contribution in [2.45, 2.75) is 44.6 Å². The fourth-order valence-electron chi connectivity index (χ4n) is 2.69. The van der Waals surface area contributed by atoms with Gasteiger partial charge in [-0.2, -0.15) is 0 Å². The van der Waals surface area contributed by atoms with Gasteiger partial charge in [0.1, 0.15) is 0 Å². The zero-order valence-electron chi connectivity index (χ0n) is 13.0. The Morgan fingerprint density at radius 2 is 2.00 bits per heavy atom. The first-order valence-corrected chi connectivity index (χ1v) is 8.94. The number of rotatable bonds is 7. The van der Waals surface area contributed by atoms with E-state index >= 15 is 0 Å². The molecule has 1 fully saturated rings. The first kappa shape index (κ1) is 16.3. The van der Waals surface area contributed by atoms with E-state index in [0.29, 0.717) is 28.7 Å². The van der Waals surface area contributed by atoms with E-state index in [4.69, 9.17) is 5.73 Å². The van der Waals surface area contributed by atoms with Crippen LogP contribution in [0.3, 0.4) is 0 Å². The third-order valence-corrected chi connectivity index (χ3v) is 5.82. The smallest absolute Gasteiger partial charge is 0.241 e. The van der Waals surface area contributed by atoms with Crippen LogP contribution in [0.4, 0.5) is 5.69 Å². The van der Waals surface area contributed by atoms with Crippen LogP contribution in [0.1, 0.15) is 30.9 Å². The van der Waals surface area contributed by atoms with Crippen molar-refractivity contribution >= 4 is 15.7 Å². The van der Waals surface area contributed by atoms with Crippen molar-refractivity contribution in [1.82, 2.24) is 9.62 Å². The van der Waals surface area contributed by atoms with E-state index in [9.17, 15) is 8.42 Å². The first-order valence-electron chi connectivity index (χ1n) is 7.46. The Labute approximate surface area is 127 Å². The van der Waals surface area contributed by atoms with Crippen LogP contribution in [0.25, 0.3) is 0 Å². The first-order chi connectivity index (χ1) is 9.86. The summed E-state index contributed by atoms with van der Waals surface area (Å²) in [7, 11) is -3.51. The largest absolute Gasteiger partial charge is 0.398 e. The number of aryl methyl sites for hydroxylation is 1. The number of anilines is 1. The Bertz CT molecular complexity index is 610. The van der Waals surface area contributed by atoms with Crippen LogP contribution < -0.4 is 10.5 Å². The molecule has 21 heavy (non-hydrogen) atoms. The molecule has 0 unspecified atom stereocenters. The molecule has 0 amide bonds. The molecule has 0 bridgehead atoms. The van der Waals surface area contributed by atoms with Gasteiger partial charge in [0.15, 0.2) is 0 Å². The third-order valence-electron chi connectivity index (χ3n) is 4.07. The molecular weight excluding hydrogens is 286 g/mol. The second-order valence-corrected chi connectivity index (χ2v) is 7.39. The number of nitrogens with two attached hydrogens (primary N) is 1. The van der Waals surface area contributed by atoms with E-state index in [0.717, 1.165) is 18.7 Å². The van der Waals surface area contributed by atoms with Gasteiger partial charge in [-0.1, -0.05) is 13.0 Å². The normalized spacial score (nSPS) is 15.6. The summed E-state index contributed by atoms with van der Waals surface area (Å²) in [5, 5.41) is 0. The monoisotopic (exact) mass is 311 g/mol. The molecule has 0 aromatic heterocycles. The Morgan fingerprint density at radius 3 is 2.57 bits per heavy atom. The number of hydrogen-bond donors (Lipinski definition) is 2. The maximum absolute atomic E-state index is 12.5. The molecule has 0 heterocycles. The maximum atomic E-state index is 12.5. The van der Waals surface area contributed by atoms with E-state index in [-0.39, 0.29) is 0 Å². The second-order valence-electron chi connectivity index (χ2n) is 5.68. The van der Waals surface area contributed by atoms with Crippen LogP contribution in [0.2, 0.25) is 0 Å². The lowest BCUT2D eigenvalue weighted by Gasteiger charge is -2.20. The number of likely N-dealkylation sites (N-methyl/N-ethyl adjacent to an activating group) is 1. The van der Waals surface area contributed by atoms with Crippen LogP contribution in [0.15, 0.2) is 17.0 Å². The van der Waals surface area contributed by atoms with Crippen molar-refractivity contribution < 1.29 is 8.42 Å². The van der Waals surface area contributed by atoms with Gasteiger partial charge in [0.05, 0.1) is 4.90 Å². The molecule has 3 N–H and O–H groups in total. The van der Waals surface area contributed by atoms with Gasteiger partial charge in [-0.25, -0.2) is 13.1 Å². The topological polar surface area (TPSA) is 75.4 Å². The van der Waals surface area contributed by atoms with Gasteiger partial charge in [0.2, 0.25) is 10.0 Å². The molecule has 1 aliphatic carbocycles. The second kappa shape index (κ2) is 6.34. The van der Waals surface area contributed by atoms with Gasteiger partial charge >= 0.3 is 0 Å². The van der Waals surface area contributed by atoms with E-state index in [1.165, 1.54) is 12.8 Å². The fourth-order valence-corrected chi connectivity index (χ4v) is 4.21.